The molecule has 2 aromatic carbocycles. The predicted octanol–water partition coefficient (Wildman–Crippen LogP) is 2.74. The Morgan fingerprint density at radius 2 is 1.79 bits per heavy atom. The minimum atomic E-state index is -3.73. The van der Waals surface area contributed by atoms with Crippen LogP contribution in [0.1, 0.15) is 12.0 Å². The molecular formula is C19H22ClN3O4S. The fourth-order valence-electron chi connectivity index (χ4n) is 2.99. The van der Waals surface area contributed by atoms with E-state index in [1.54, 1.807) is 43.5 Å². The minimum absolute atomic E-state index is 0.245. The summed E-state index contributed by atoms with van der Waals surface area (Å²) in [7, 11) is -2.16. The zero-order chi connectivity index (χ0) is 20.1. The molecule has 9 heteroatoms. The van der Waals surface area contributed by atoms with Crippen molar-refractivity contribution in [1.29, 1.82) is 0 Å². The molecule has 150 valence electrons. The number of methoxy groups -OCH3 is 1. The van der Waals surface area contributed by atoms with Gasteiger partial charge in [-0.2, -0.15) is 17.0 Å². The summed E-state index contributed by atoms with van der Waals surface area (Å²) in [6.45, 7) is 0.704. The molecule has 1 N–H and O–H groups in total. The molecule has 3 rings (SSSR count). The van der Waals surface area contributed by atoms with Crippen molar-refractivity contribution in [2.75, 3.05) is 32.1 Å². The first-order chi connectivity index (χ1) is 13.4. The van der Waals surface area contributed by atoms with E-state index in [2.05, 4.69) is 5.32 Å². The van der Waals surface area contributed by atoms with Crippen LogP contribution < -0.4 is 10.1 Å². The third-order valence-corrected chi connectivity index (χ3v) is 6.71. The summed E-state index contributed by atoms with van der Waals surface area (Å²) in [6, 6.07) is 14.1. The van der Waals surface area contributed by atoms with Gasteiger partial charge < -0.3 is 10.1 Å². The number of anilines is 1. The van der Waals surface area contributed by atoms with E-state index in [0.717, 1.165) is 5.56 Å². The molecule has 7 nitrogen and oxygen atoms in total. The smallest absolute Gasteiger partial charge is 0.282 e. The highest BCUT2D eigenvalue weighted by molar-refractivity contribution is 7.86. The predicted molar refractivity (Wildman–Crippen MR) is 109 cm³/mol. The number of halogens is 1. The van der Waals surface area contributed by atoms with E-state index in [0.29, 0.717) is 36.0 Å². The van der Waals surface area contributed by atoms with Gasteiger partial charge >= 0.3 is 0 Å². The molecule has 0 unspecified atom stereocenters. The van der Waals surface area contributed by atoms with E-state index < -0.39 is 16.1 Å². The lowest BCUT2D eigenvalue weighted by Gasteiger charge is -2.34. The van der Waals surface area contributed by atoms with Crippen molar-refractivity contribution in [3.05, 3.63) is 59.1 Å². The maximum Gasteiger partial charge on any atom is 0.282 e. The van der Waals surface area contributed by atoms with Gasteiger partial charge in [0.1, 0.15) is 5.75 Å². The lowest BCUT2D eigenvalue weighted by Crippen LogP contribution is -2.51. The van der Waals surface area contributed by atoms with Gasteiger partial charge in [0.15, 0.2) is 0 Å². The summed E-state index contributed by atoms with van der Waals surface area (Å²) in [4.78, 5) is 12.3. The number of nitrogens with zero attached hydrogens (tertiary/aromatic N) is 2. The molecule has 2 aromatic rings. The number of rotatable bonds is 6. The second kappa shape index (κ2) is 8.91. The highest BCUT2D eigenvalue weighted by Gasteiger charge is 2.34. The van der Waals surface area contributed by atoms with E-state index in [-0.39, 0.29) is 13.1 Å². The van der Waals surface area contributed by atoms with Gasteiger partial charge in [0, 0.05) is 19.6 Å². The Labute approximate surface area is 170 Å². The Kier molecular flexibility index (Phi) is 6.56. The van der Waals surface area contributed by atoms with Crippen molar-refractivity contribution in [2.24, 2.45) is 0 Å². The van der Waals surface area contributed by atoms with Gasteiger partial charge in [-0.3, -0.25) is 4.79 Å². The summed E-state index contributed by atoms with van der Waals surface area (Å²) < 4.78 is 33.5. The first-order valence-electron chi connectivity index (χ1n) is 8.82. The van der Waals surface area contributed by atoms with Crippen LogP contribution in [-0.2, 0) is 21.5 Å². The highest BCUT2D eigenvalue weighted by atomic mass is 35.5. The van der Waals surface area contributed by atoms with Crippen LogP contribution in [0.4, 0.5) is 5.69 Å². The molecule has 1 aliphatic rings. The summed E-state index contributed by atoms with van der Waals surface area (Å²) in [5.74, 6) is 0.283. The second-order valence-electron chi connectivity index (χ2n) is 6.40. The molecule has 1 aliphatic heterocycles. The molecule has 1 heterocycles. The lowest BCUT2D eigenvalue weighted by molar-refractivity contribution is -0.116. The van der Waals surface area contributed by atoms with Crippen LogP contribution in [0.2, 0.25) is 5.02 Å². The number of ether oxygens (including phenoxy) is 1. The zero-order valence-corrected chi connectivity index (χ0v) is 17.0. The highest BCUT2D eigenvalue weighted by Crippen LogP contribution is 2.22. The molecule has 0 spiro atoms. The van der Waals surface area contributed by atoms with Crippen LogP contribution in [0, 0.1) is 0 Å². The topological polar surface area (TPSA) is 79.0 Å². The number of carbonyl (C=O) groups excluding carboxylic acids is 1. The average molecular weight is 424 g/mol. The van der Waals surface area contributed by atoms with Gasteiger partial charge in [-0.25, -0.2) is 0 Å². The summed E-state index contributed by atoms with van der Waals surface area (Å²) >= 11 is 6.04. The van der Waals surface area contributed by atoms with E-state index in [1.165, 1.54) is 8.61 Å². The van der Waals surface area contributed by atoms with E-state index >= 15 is 0 Å². The van der Waals surface area contributed by atoms with Crippen molar-refractivity contribution in [2.45, 2.75) is 13.0 Å². The summed E-state index contributed by atoms with van der Waals surface area (Å²) in [5, 5.41) is 3.06. The van der Waals surface area contributed by atoms with Crippen molar-refractivity contribution >= 4 is 33.4 Å². The van der Waals surface area contributed by atoms with E-state index in [1.807, 2.05) is 12.1 Å². The largest absolute Gasteiger partial charge is 0.497 e. The summed E-state index contributed by atoms with van der Waals surface area (Å²) in [5.41, 5.74) is 1.31. The molecule has 0 aromatic heterocycles. The standard InChI is InChI=1S/C19H22ClN3O4S/c1-27-16-9-7-15(8-10-16)13-22-11-4-12-23(28(22,25)26)14-19(24)21-18-6-3-2-5-17(18)20/h2-3,5-10H,4,11-14H2,1H3,(H,21,24). The van der Waals surface area contributed by atoms with E-state index in [4.69, 9.17) is 16.3 Å². The fourth-order valence-corrected chi connectivity index (χ4v) is 4.81. The maximum absolute atomic E-state index is 12.9. The Morgan fingerprint density at radius 3 is 2.46 bits per heavy atom. The lowest BCUT2D eigenvalue weighted by atomic mass is 10.2. The number of para-hydroxylation sites is 1. The average Bonchev–Trinajstić information content (AvgIpc) is 2.67. The molecular weight excluding hydrogens is 402 g/mol. The minimum Gasteiger partial charge on any atom is -0.497 e. The van der Waals surface area contributed by atoms with Gasteiger partial charge in [-0.15, -0.1) is 0 Å². The first-order valence-corrected chi connectivity index (χ1v) is 10.6. The summed E-state index contributed by atoms with van der Waals surface area (Å²) in [6.07, 6.45) is 0.648. The van der Waals surface area contributed by atoms with Gasteiger partial charge in [-0.05, 0) is 36.2 Å². The Hall–Kier alpha value is -2.13. The van der Waals surface area contributed by atoms with Gasteiger partial charge in [0.05, 0.1) is 24.4 Å². The Balaban J connectivity index is 1.66. The normalized spacial score (nSPS) is 17.2. The molecule has 0 aliphatic carbocycles. The molecule has 1 saturated heterocycles. The SMILES string of the molecule is COc1ccc(CN2CCCN(CC(=O)Nc3ccccc3Cl)S2(=O)=O)cc1. The maximum atomic E-state index is 12.9. The second-order valence-corrected chi connectivity index (χ2v) is 8.74. The number of hydrogen-bond acceptors (Lipinski definition) is 4. The third-order valence-electron chi connectivity index (χ3n) is 4.45. The van der Waals surface area contributed by atoms with E-state index in [9.17, 15) is 13.2 Å². The third kappa shape index (κ3) is 4.82. The van der Waals surface area contributed by atoms with Crippen LogP contribution in [0.25, 0.3) is 0 Å². The van der Waals surface area contributed by atoms with Crippen LogP contribution in [0.3, 0.4) is 0 Å². The molecule has 28 heavy (non-hydrogen) atoms. The molecule has 0 atom stereocenters. The zero-order valence-electron chi connectivity index (χ0n) is 15.5. The Bertz CT molecular complexity index is 934. The van der Waals surface area contributed by atoms with Gasteiger partial charge in [-0.1, -0.05) is 35.9 Å². The molecule has 0 saturated carbocycles. The van der Waals surface area contributed by atoms with Crippen LogP contribution >= 0.6 is 11.6 Å². The van der Waals surface area contributed by atoms with Crippen molar-refractivity contribution in [1.82, 2.24) is 8.61 Å². The monoisotopic (exact) mass is 423 g/mol. The van der Waals surface area contributed by atoms with Crippen molar-refractivity contribution in [3.63, 3.8) is 0 Å². The van der Waals surface area contributed by atoms with Crippen molar-refractivity contribution < 1.29 is 17.9 Å². The molecule has 0 bridgehead atoms. The number of carbonyl (C=O) groups is 1. The quantitative estimate of drug-likeness (QED) is 0.774. The number of hydrogen-bond donors (Lipinski definition) is 1. The van der Waals surface area contributed by atoms with Crippen LogP contribution in [0.5, 0.6) is 5.75 Å². The molecule has 1 amide bonds. The number of benzene rings is 2. The Morgan fingerprint density at radius 1 is 1.11 bits per heavy atom. The molecule has 0 radical (unpaired) electrons. The molecule has 1 fully saturated rings. The van der Waals surface area contributed by atoms with Gasteiger partial charge in [0.25, 0.3) is 10.2 Å². The van der Waals surface area contributed by atoms with Crippen LogP contribution in [0.15, 0.2) is 48.5 Å². The van der Waals surface area contributed by atoms with Crippen LogP contribution in [-0.4, -0.2) is 49.7 Å². The fraction of sp³-hybridized carbons (Fsp3) is 0.316. The first kappa shape index (κ1) is 20.6. The number of nitrogens with one attached hydrogen (secondary N) is 1. The van der Waals surface area contributed by atoms with Gasteiger partial charge in [0.2, 0.25) is 5.91 Å². The van der Waals surface area contributed by atoms with Crippen molar-refractivity contribution in [3.8, 4) is 5.75 Å². The number of amides is 1.